The molecule has 106 valence electrons. The van der Waals surface area contributed by atoms with E-state index in [2.05, 4.69) is 13.8 Å². The van der Waals surface area contributed by atoms with Gasteiger partial charge in [-0.2, -0.15) is 0 Å². The Bertz CT molecular complexity index is 620. The van der Waals surface area contributed by atoms with Crippen molar-refractivity contribution in [3.63, 3.8) is 0 Å². The SMILES string of the molecule is CC(C)[C@H]1COC2=C(C1)C(=O)c1c(CO)coc1C2=O. The van der Waals surface area contributed by atoms with Crippen molar-refractivity contribution in [2.24, 2.45) is 11.8 Å². The van der Waals surface area contributed by atoms with E-state index < -0.39 is 5.78 Å². The number of Topliss-reactive ketones (excluding diaryl/α,β-unsaturated/α-hetero) is 2. The minimum Gasteiger partial charge on any atom is -0.489 e. The lowest BCUT2D eigenvalue weighted by molar-refractivity contribution is 0.0696. The molecule has 0 saturated carbocycles. The molecule has 0 amide bonds. The predicted octanol–water partition coefficient (Wildman–Crippen LogP) is 2.10. The molecule has 1 aromatic heterocycles. The number of furan rings is 1. The van der Waals surface area contributed by atoms with Crippen molar-refractivity contribution < 1.29 is 23.8 Å². The molecule has 1 aromatic rings. The molecule has 1 aliphatic heterocycles. The molecule has 2 heterocycles. The first-order valence-corrected chi connectivity index (χ1v) is 6.71. The van der Waals surface area contributed by atoms with Crippen LogP contribution >= 0.6 is 0 Å². The van der Waals surface area contributed by atoms with Gasteiger partial charge in [-0.1, -0.05) is 13.8 Å². The summed E-state index contributed by atoms with van der Waals surface area (Å²) in [7, 11) is 0. The summed E-state index contributed by atoms with van der Waals surface area (Å²) in [5, 5.41) is 9.25. The molecule has 1 N–H and O–H groups in total. The first-order chi connectivity index (χ1) is 9.54. The van der Waals surface area contributed by atoms with Crippen LogP contribution in [0.15, 0.2) is 22.0 Å². The maximum absolute atomic E-state index is 12.5. The summed E-state index contributed by atoms with van der Waals surface area (Å²) >= 11 is 0. The second-order valence-electron chi connectivity index (χ2n) is 5.61. The molecular weight excluding hydrogens is 260 g/mol. The number of carbonyl (C=O) groups excluding carboxylic acids is 2. The van der Waals surface area contributed by atoms with Gasteiger partial charge >= 0.3 is 0 Å². The summed E-state index contributed by atoms with van der Waals surface area (Å²) in [6.07, 6.45) is 1.80. The molecule has 0 unspecified atom stereocenters. The summed E-state index contributed by atoms with van der Waals surface area (Å²) in [5.74, 6) is 0.0554. The average molecular weight is 276 g/mol. The number of ketones is 2. The number of allylic oxidation sites excluding steroid dienone is 2. The monoisotopic (exact) mass is 276 g/mol. The van der Waals surface area contributed by atoms with E-state index in [1.165, 1.54) is 6.26 Å². The molecule has 0 aromatic carbocycles. The van der Waals surface area contributed by atoms with Crippen LogP contribution in [-0.2, 0) is 11.3 Å². The van der Waals surface area contributed by atoms with Crippen molar-refractivity contribution in [3.8, 4) is 0 Å². The highest BCUT2D eigenvalue weighted by Crippen LogP contribution is 2.38. The Hall–Kier alpha value is -1.88. The summed E-state index contributed by atoms with van der Waals surface area (Å²) in [5.41, 5.74) is 0.976. The number of carbonyl (C=O) groups is 2. The van der Waals surface area contributed by atoms with Crippen molar-refractivity contribution in [1.82, 2.24) is 0 Å². The fourth-order valence-corrected chi connectivity index (χ4v) is 2.70. The maximum atomic E-state index is 12.5. The summed E-state index contributed by atoms with van der Waals surface area (Å²) < 4.78 is 10.7. The van der Waals surface area contributed by atoms with E-state index in [1.54, 1.807) is 0 Å². The number of hydrogen-bond donors (Lipinski definition) is 1. The predicted molar refractivity (Wildman–Crippen MR) is 69.2 cm³/mol. The van der Waals surface area contributed by atoms with Gasteiger partial charge in [0.25, 0.3) is 5.78 Å². The van der Waals surface area contributed by atoms with E-state index in [4.69, 9.17) is 9.15 Å². The zero-order valence-electron chi connectivity index (χ0n) is 11.4. The van der Waals surface area contributed by atoms with E-state index in [-0.39, 0.29) is 35.4 Å². The Morgan fingerprint density at radius 1 is 1.35 bits per heavy atom. The number of rotatable bonds is 2. The van der Waals surface area contributed by atoms with Gasteiger partial charge in [0.05, 0.1) is 25.0 Å². The van der Waals surface area contributed by atoms with Crippen LogP contribution in [0.1, 0.15) is 46.7 Å². The van der Waals surface area contributed by atoms with Gasteiger partial charge in [0, 0.05) is 11.1 Å². The smallest absolute Gasteiger partial charge is 0.263 e. The van der Waals surface area contributed by atoms with Crippen LogP contribution < -0.4 is 0 Å². The zero-order chi connectivity index (χ0) is 14.4. The minimum atomic E-state index is -0.392. The van der Waals surface area contributed by atoms with Gasteiger partial charge in [-0.3, -0.25) is 9.59 Å². The van der Waals surface area contributed by atoms with Crippen LogP contribution in [0.25, 0.3) is 0 Å². The Balaban J connectivity index is 2.06. The Kier molecular flexibility index (Phi) is 3.01. The van der Waals surface area contributed by atoms with E-state index in [9.17, 15) is 14.7 Å². The molecule has 5 nitrogen and oxygen atoms in total. The molecule has 0 fully saturated rings. The number of hydrogen-bond acceptors (Lipinski definition) is 5. The van der Waals surface area contributed by atoms with Gasteiger partial charge < -0.3 is 14.3 Å². The highest BCUT2D eigenvalue weighted by Gasteiger charge is 2.41. The third-order valence-corrected chi connectivity index (χ3v) is 4.08. The second kappa shape index (κ2) is 4.59. The third kappa shape index (κ3) is 1.73. The summed E-state index contributed by atoms with van der Waals surface area (Å²) in [4.78, 5) is 24.8. The molecule has 0 spiro atoms. The van der Waals surface area contributed by atoms with Crippen LogP contribution in [-0.4, -0.2) is 23.3 Å². The standard InChI is InChI=1S/C15H16O5/c1-7(2)8-3-10-12(17)11-9(4-16)6-20-15(11)13(18)14(10)19-5-8/h6-8,16H,3-5H2,1-2H3/t8-/m1/s1. The Morgan fingerprint density at radius 2 is 2.10 bits per heavy atom. The minimum absolute atomic E-state index is 0.0132. The molecule has 0 radical (unpaired) electrons. The fourth-order valence-electron chi connectivity index (χ4n) is 2.70. The van der Waals surface area contributed by atoms with Gasteiger partial charge in [0.15, 0.2) is 17.3 Å². The number of aliphatic hydroxyl groups excluding tert-OH is 1. The molecule has 0 bridgehead atoms. The van der Waals surface area contributed by atoms with Crippen LogP contribution in [0, 0.1) is 11.8 Å². The van der Waals surface area contributed by atoms with E-state index in [0.717, 1.165) is 0 Å². The van der Waals surface area contributed by atoms with Gasteiger partial charge in [0.1, 0.15) is 0 Å². The highest BCUT2D eigenvalue weighted by molar-refractivity contribution is 6.25. The molecule has 1 aliphatic carbocycles. The lowest BCUT2D eigenvalue weighted by Gasteiger charge is -2.30. The first kappa shape index (κ1) is 13.1. The lowest BCUT2D eigenvalue weighted by Crippen LogP contribution is -2.32. The van der Waals surface area contributed by atoms with Crippen molar-refractivity contribution >= 4 is 11.6 Å². The van der Waals surface area contributed by atoms with Crippen LogP contribution in [0.5, 0.6) is 0 Å². The van der Waals surface area contributed by atoms with Crippen LogP contribution in [0.4, 0.5) is 0 Å². The molecule has 1 atom stereocenters. The topological polar surface area (TPSA) is 76.7 Å². The van der Waals surface area contributed by atoms with Gasteiger partial charge in [-0.15, -0.1) is 0 Å². The summed E-state index contributed by atoms with van der Waals surface area (Å²) in [6.45, 7) is 4.25. The fraction of sp³-hybridized carbons (Fsp3) is 0.467. The quantitative estimate of drug-likeness (QED) is 0.895. The number of ether oxygens (including phenoxy) is 1. The average Bonchev–Trinajstić information content (AvgIpc) is 2.88. The highest BCUT2D eigenvalue weighted by atomic mass is 16.5. The largest absolute Gasteiger partial charge is 0.489 e. The number of aliphatic hydroxyl groups is 1. The Morgan fingerprint density at radius 3 is 2.75 bits per heavy atom. The summed E-state index contributed by atoms with van der Waals surface area (Å²) in [6, 6.07) is 0. The van der Waals surface area contributed by atoms with Gasteiger partial charge in [-0.25, -0.2) is 0 Å². The molecule has 2 aliphatic rings. The molecule has 20 heavy (non-hydrogen) atoms. The molecule has 0 saturated heterocycles. The van der Waals surface area contributed by atoms with Crippen molar-refractivity contribution in [1.29, 1.82) is 0 Å². The van der Waals surface area contributed by atoms with E-state index in [1.807, 2.05) is 0 Å². The van der Waals surface area contributed by atoms with Gasteiger partial charge in [0.2, 0.25) is 0 Å². The van der Waals surface area contributed by atoms with Crippen LogP contribution in [0.3, 0.4) is 0 Å². The maximum Gasteiger partial charge on any atom is 0.263 e. The molecular formula is C15H16O5. The van der Waals surface area contributed by atoms with Crippen molar-refractivity contribution in [3.05, 3.63) is 34.5 Å². The lowest BCUT2D eigenvalue weighted by atomic mass is 9.81. The first-order valence-electron chi connectivity index (χ1n) is 6.71. The third-order valence-electron chi connectivity index (χ3n) is 4.08. The second-order valence-corrected chi connectivity index (χ2v) is 5.61. The van der Waals surface area contributed by atoms with E-state index in [0.29, 0.717) is 30.1 Å². The normalized spacial score (nSPS) is 21.9. The molecule has 5 heteroatoms. The zero-order valence-corrected chi connectivity index (χ0v) is 11.4. The number of fused-ring (bicyclic) bond motifs is 1. The van der Waals surface area contributed by atoms with Crippen molar-refractivity contribution in [2.75, 3.05) is 6.61 Å². The van der Waals surface area contributed by atoms with Crippen LogP contribution in [0.2, 0.25) is 0 Å². The Labute approximate surface area is 116 Å². The molecule has 3 rings (SSSR count). The van der Waals surface area contributed by atoms with Gasteiger partial charge in [-0.05, 0) is 18.3 Å². The van der Waals surface area contributed by atoms with Crippen molar-refractivity contribution in [2.45, 2.75) is 26.9 Å². The van der Waals surface area contributed by atoms with E-state index >= 15 is 0 Å².